The van der Waals surface area contributed by atoms with Gasteiger partial charge in [-0.15, -0.1) is 0 Å². The van der Waals surface area contributed by atoms with Gasteiger partial charge in [0.1, 0.15) is 0 Å². The van der Waals surface area contributed by atoms with E-state index in [0.29, 0.717) is 13.0 Å². The SMILES string of the molecule is CC(CC(O)P(C)(C)(N)PO)OCCC(C)(C)C. The number of aliphatic hydroxyl groups is 1. The van der Waals surface area contributed by atoms with Crippen molar-refractivity contribution in [2.75, 3.05) is 19.9 Å². The first kappa shape index (κ1) is 18.7. The van der Waals surface area contributed by atoms with E-state index in [1.54, 1.807) is 13.3 Å². The van der Waals surface area contributed by atoms with Gasteiger partial charge < -0.3 is 0 Å². The van der Waals surface area contributed by atoms with Gasteiger partial charge in [0.15, 0.2) is 0 Å². The number of hydrogen-bond donors (Lipinski definition) is 3. The molecule has 4 nitrogen and oxygen atoms in total. The van der Waals surface area contributed by atoms with Crippen LogP contribution in [0.4, 0.5) is 0 Å². The second kappa shape index (κ2) is 6.43. The molecular formula is C12H31NO3P2. The fourth-order valence-corrected chi connectivity index (χ4v) is 3.12. The molecule has 0 aromatic heterocycles. The first-order valence-corrected chi connectivity index (χ1v) is 11.4. The summed E-state index contributed by atoms with van der Waals surface area (Å²) in [4.78, 5) is 9.38. The first-order valence-electron chi connectivity index (χ1n) is 6.39. The Morgan fingerprint density at radius 1 is 1.33 bits per heavy atom. The van der Waals surface area contributed by atoms with Gasteiger partial charge in [-0.1, -0.05) is 0 Å². The van der Waals surface area contributed by atoms with E-state index in [2.05, 4.69) is 20.8 Å². The van der Waals surface area contributed by atoms with Crippen LogP contribution in [0, 0.1) is 5.41 Å². The standard InChI is InChI=1S/C12H31NO3P2/c1-10(16-8-7-12(2,3)4)9-11(14)18(5,6,13)17-15/h10-11,14-15,17H,7-9,13H2,1-6H3. The average molecular weight is 299 g/mol. The van der Waals surface area contributed by atoms with Crippen LogP contribution < -0.4 is 5.50 Å². The van der Waals surface area contributed by atoms with Gasteiger partial charge in [-0.3, -0.25) is 0 Å². The van der Waals surface area contributed by atoms with Gasteiger partial charge in [-0.05, 0) is 0 Å². The Balaban J connectivity index is 4.14. The monoisotopic (exact) mass is 299 g/mol. The second-order valence-corrected chi connectivity index (χ2v) is 17.4. The molecule has 0 rings (SSSR count). The Kier molecular flexibility index (Phi) is 6.68. The van der Waals surface area contributed by atoms with E-state index in [1.807, 2.05) is 6.92 Å². The Hall–Kier alpha value is 0.700. The molecule has 0 aliphatic carbocycles. The van der Waals surface area contributed by atoms with Crippen LogP contribution in [0.5, 0.6) is 0 Å². The molecule has 3 unspecified atom stereocenters. The van der Waals surface area contributed by atoms with Crippen molar-refractivity contribution in [2.45, 2.75) is 52.5 Å². The normalized spacial score (nSPS) is 19.7. The molecule has 0 amide bonds. The zero-order valence-electron chi connectivity index (χ0n) is 12.6. The van der Waals surface area contributed by atoms with Crippen LogP contribution >= 0.6 is 14.9 Å². The molecule has 4 N–H and O–H groups in total. The fourth-order valence-electron chi connectivity index (χ4n) is 1.32. The second-order valence-electron chi connectivity index (χ2n) is 7.14. The van der Waals surface area contributed by atoms with E-state index < -0.39 is 12.3 Å². The zero-order valence-corrected chi connectivity index (χ0v) is 14.5. The van der Waals surface area contributed by atoms with Gasteiger partial charge in [-0.25, -0.2) is 0 Å². The van der Waals surface area contributed by atoms with Crippen molar-refractivity contribution < 1.29 is 14.7 Å². The Labute approximate surface area is 113 Å². The molecule has 0 spiro atoms. The number of hydrogen-bond acceptors (Lipinski definition) is 4. The Bertz CT molecular complexity index is 258. The van der Waals surface area contributed by atoms with Crippen LogP contribution in [-0.4, -0.2) is 41.9 Å². The molecule has 18 heavy (non-hydrogen) atoms. The fraction of sp³-hybridized carbons (Fsp3) is 1.00. The molecule has 0 aliphatic rings. The summed E-state index contributed by atoms with van der Waals surface area (Å²) in [5.74, 6) is -0.663. The maximum absolute atomic E-state index is 10.2. The third kappa shape index (κ3) is 7.33. The van der Waals surface area contributed by atoms with E-state index in [9.17, 15) is 10.00 Å². The third-order valence-electron chi connectivity index (χ3n) is 3.03. The summed E-state index contributed by atoms with van der Waals surface area (Å²) in [6.45, 7) is 12.8. The van der Waals surface area contributed by atoms with Crippen LogP contribution in [0.2, 0.25) is 0 Å². The van der Waals surface area contributed by atoms with Crippen LogP contribution in [-0.2, 0) is 4.74 Å². The molecule has 0 radical (unpaired) electrons. The topological polar surface area (TPSA) is 75.7 Å². The summed E-state index contributed by atoms with van der Waals surface area (Å²) in [5.41, 5.74) is 6.39. The maximum atomic E-state index is 10.2. The molecule has 0 fully saturated rings. The molecular weight excluding hydrogens is 268 g/mol. The van der Waals surface area contributed by atoms with Crippen molar-refractivity contribution >= 4 is 14.9 Å². The van der Waals surface area contributed by atoms with E-state index >= 15 is 0 Å². The Morgan fingerprint density at radius 3 is 2.22 bits per heavy atom. The summed E-state index contributed by atoms with van der Waals surface area (Å²) in [5, 5.41) is 10.2. The molecule has 112 valence electrons. The minimum absolute atomic E-state index is 0.0383. The molecule has 3 atom stereocenters. The summed E-state index contributed by atoms with van der Waals surface area (Å²) >= 11 is 0. The van der Waals surface area contributed by atoms with Gasteiger partial charge >= 0.3 is 113 Å². The van der Waals surface area contributed by atoms with Gasteiger partial charge in [0.25, 0.3) is 0 Å². The number of nitrogens with two attached hydrogens (primary N) is 1. The van der Waals surface area contributed by atoms with Crippen LogP contribution in [0.3, 0.4) is 0 Å². The van der Waals surface area contributed by atoms with Crippen molar-refractivity contribution in [1.82, 2.24) is 0 Å². The van der Waals surface area contributed by atoms with Crippen molar-refractivity contribution in [1.29, 1.82) is 0 Å². The van der Waals surface area contributed by atoms with Crippen LogP contribution in [0.25, 0.3) is 0 Å². The number of aliphatic hydroxyl groups excluding tert-OH is 1. The summed E-state index contributed by atoms with van der Waals surface area (Å²) in [6, 6.07) is 0. The number of ether oxygens (including phenoxy) is 1. The van der Waals surface area contributed by atoms with Crippen molar-refractivity contribution in [3.05, 3.63) is 0 Å². The van der Waals surface area contributed by atoms with Gasteiger partial charge in [0.2, 0.25) is 0 Å². The van der Waals surface area contributed by atoms with Crippen molar-refractivity contribution in [3.8, 4) is 0 Å². The molecule has 0 bridgehead atoms. The Morgan fingerprint density at radius 2 is 1.83 bits per heavy atom. The third-order valence-corrected chi connectivity index (χ3v) is 8.49. The molecule has 0 heterocycles. The van der Waals surface area contributed by atoms with Crippen molar-refractivity contribution in [3.63, 3.8) is 0 Å². The zero-order chi connectivity index (χ0) is 14.6. The van der Waals surface area contributed by atoms with Gasteiger partial charge in [0.05, 0.1) is 0 Å². The molecule has 0 aliphatic heterocycles. The average Bonchev–Trinajstić information content (AvgIpc) is 2.15. The number of rotatable bonds is 7. The quantitative estimate of drug-likeness (QED) is 0.632. The molecule has 0 saturated carbocycles. The summed E-state index contributed by atoms with van der Waals surface area (Å²) in [7, 11) is -0.387. The van der Waals surface area contributed by atoms with Gasteiger partial charge in [0, 0.05) is 0 Å². The van der Waals surface area contributed by atoms with Crippen LogP contribution in [0.1, 0.15) is 40.5 Å². The minimum atomic E-state index is -2.83. The summed E-state index contributed by atoms with van der Waals surface area (Å²) in [6.07, 6.45) is -1.40. The van der Waals surface area contributed by atoms with E-state index in [0.717, 1.165) is 6.42 Å². The molecule has 0 aromatic carbocycles. The predicted octanol–water partition coefficient (Wildman–Crippen LogP) is 2.72. The van der Waals surface area contributed by atoms with E-state index in [1.165, 1.54) is 0 Å². The van der Waals surface area contributed by atoms with Crippen molar-refractivity contribution in [2.24, 2.45) is 10.9 Å². The first-order chi connectivity index (χ1) is 7.86. The predicted molar refractivity (Wildman–Crippen MR) is 83.6 cm³/mol. The molecule has 0 aromatic rings. The van der Waals surface area contributed by atoms with E-state index in [4.69, 9.17) is 10.2 Å². The van der Waals surface area contributed by atoms with Crippen LogP contribution in [0.15, 0.2) is 0 Å². The van der Waals surface area contributed by atoms with Gasteiger partial charge in [-0.2, -0.15) is 0 Å². The molecule has 0 saturated heterocycles. The summed E-state index contributed by atoms with van der Waals surface area (Å²) < 4.78 is 5.70. The van der Waals surface area contributed by atoms with E-state index in [-0.39, 0.29) is 20.0 Å². The molecule has 6 heteroatoms.